The number of hydrogen-bond donors (Lipinski definition) is 1. The van der Waals surface area contributed by atoms with Crippen LogP contribution in [0.25, 0.3) is 0 Å². The summed E-state index contributed by atoms with van der Waals surface area (Å²) in [4.78, 5) is 9.62. The number of aromatic nitrogens is 1. The Kier molecular flexibility index (Phi) is 3.99. The van der Waals surface area contributed by atoms with Gasteiger partial charge in [0.1, 0.15) is 0 Å². The highest BCUT2D eigenvalue weighted by Gasteiger charge is 2.30. The highest BCUT2D eigenvalue weighted by molar-refractivity contribution is 5.47. The minimum atomic E-state index is 0.777. The summed E-state index contributed by atoms with van der Waals surface area (Å²) in [7, 11) is 0. The van der Waals surface area contributed by atoms with Crippen LogP contribution in [-0.4, -0.2) is 48.6 Å². The molecule has 0 amide bonds. The summed E-state index contributed by atoms with van der Waals surface area (Å²) >= 11 is 0. The molecule has 2 aliphatic rings. The molecule has 1 aromatic heterocycles. The lowest BCUT2D eigenvalue weighted by molar-refractivity contribution is 0.231. The third kappa shape index (κ3) is 2.90. The largest absolute Gasteiger partial charge is 0.369 e. The maximum absolute atomic E-state index is 4.44. The molecular weight excluding hydrogens is 236 g/mol. The van der Waals surface area contributed by atoms with Gasteiger partial charge in [0, 0.05) is 44.1 Å². The lowest BCUT2D eigenvalue weighted by Gasteiger charge is -2.38. The molecule has 1 N–H and O–H groups in total. The Morgan fingerprint density at radius 1 is 1.37 bits per heavy atom. The Labute approximate surface area is 115 Å². The van der Waals surface area contributed by atoms with Gasteiger partial charge in [0.15, 0.2) is 0 Å². The molecule has 2 saturated heterocycles. The van der Waals surface area contributed by atoms with Gasteiger partial charge in [-0.2, -0.15) is 0 Å². The van der Waals surface area contributed by atoms with Crippen molar-refractivity contribution in [1.82, 2.24) is 15.2 Å². The summed E-state index contributed by atoms with van der Waals surface area (Å²) in [5.74, 6) is 0. The number of nitrogens with zero attached hydrogens (tertiary/aromatic N) is 3. The van der Waals surface area contributed by atoms with E-state index >= 15 is 0 Å². The van der Waals surface area contributed by atoms with Crippen LogP contribution in [0.3, 0.4) is 0 Å². The molecule has 1 unspecified atom stereocenters. The van der Waals surface area contributed by atoms with E-state index in [1.807, 2.05) is 6.20 Å². The second kappa shape index (κ2) is 5.88. The van der Waals surface area contributed by atoms with E-state index in [1.54, 1.807) is 0 Å². The molecule has 4 nitrogen and oxygen atoms in total. The number of anilines is 1. The van der Waals surface area contributed by atoms with Gasteiger partial charge in [-0.1, -0.05) is 6.92 Å². The van der Waals surface area contributed by atoms with E-state index in [0.29, 0.717) is 0 Å². The van der Waals surface area contributed by atoms with Crippen LogP contribution >= 0.6 is 0 Å². The van der Waals surface area contributed by atoms with Gasteiger partial charge in [0.2, 0.25) is 0 Å². The number of piperazine rings is 1. The molecule has 104 valence electrons. The first-order valence-corrected chi connectivity index (χ1v) is 7.51. The predicted octanol–water partition coefficient (Wildman–Crippen LogP) is 1.48. The topological polar surface area (TPSA) is 31.4 Å². The summed E-state index contributed by atoms with van der Waals surface area (Å²) in [5, 5.41) is 3.34. The zero-order valence-corrected chi connectivity index (χ0v) is 11.8. The van der Waals surface area contributed by atoms with Crippen LogP contribution in [0.2, 0.25) is 0 Å². The average molecular weight is 260 g/mol. The van der Waals surface area contributed by atoms with E-state index in [2.05, 4.69) is 39.2 Å². The molecule has 0 spiro atoms. The minimum Gasteiger partial charge on any atom is -0.369 e. The van der Waals surface area contributed by atoms with E-state index in [1.165, 1.54) is 38.2 Å². The Hall–Kier alpha value is -1.13. The SMILES string of the molecule is CCNCc1cc(N2CCN3CCCC3C2)ccn1. The molecule has 1 atom stereocenters. The fourth-order valence-electron chi connectivity index (χ4n) is 3.24. The molecular formula is C15H24N4. The van der Waals surface area contributed by atoms with Crippen molar-refractivity contribution >= 4 is 5.69 Å². The second-order valence-electron chi connectivity index (χ2n) is 5.56. The van der Waals surface area contributed by atoms with Crippen molar-refractivity contribution in [2.24, 2.45) is 0 Å². The van der Waals surface area contributed by atoms with E-state index in [4.69, 9.17) is 0 Å². The van der Waals surface area contributed by atoms with Crippen LogP contribution in [-0.2, 0) is 6.54 Å². The first-order valence-electron chi connectivity index (χ1n) is 7.51. The minimum absolute atomic E-state index is 0.777. The maximum Gasteiger partial charge on any atom is 0.0562 e. The number of hydrogen-bond acceptors (Lipinski definition) is 4. The normalized spacial score (nSPS) is 23.6. The van der Waals surface area contributed by atoms with Crippen LogP contribution in [0.1, 0.15) is 25.5 Å². The molecule has 19 heavy (non-hydrogen) atoms. The first kappa shape index (κ1) is 12.9. The number of fused-ring (bicyclic) bond motifs is 1. The highest BCUT2D eigenvalue weighted by atomic mass is 15.3. The Morgan fingerprint density at radius 2 is 2.32 bits per heavy atom. The smallest absolute Gasteiger partial charge is 0.0562 e. The Balaban J connectivity index is 1.68. The van der Waals surface area contributed by atoms with Crippen LogP contribution in [0.15, 0.2) is 18.3 Å². The van der Waals surface area contributed by atoms with Crippen molar-refractivity contribution in [2.75, 3.05) is 37.6 Å². The number of nitrogens with one attached hydrogen (secondary N) is 1. The van der Waals surface area contributed by atoms with Crippen LogP contribution in [0.5, 0.6) is 0 Å². The zero-order chi connectivity index (χ0) is 13.1. The van der Waals surface area contributed by atoms with Crippen molar-refractivity contribution in [3.8, 4) is 0 Å². The Morgan fingerprint density at radius 3 is 3.21 bits per heavy atom. The van der Waals surface area contributed by atoms with Crippen molar-refractivity contribution in [3.63, 3.8) is 0 Å². The summed E-state index contributed by atoms with van der Waals surface area (Å²) in [6.07, 6.45) is 4.69. The van der Waals surface area contributed by atoms with Crippen molar-refractivity contribution in [3.05, 3.63) is 24.0 Å². The molecule has 3 rings (SSSR count). The van der Waals surface area contributed by atoms with Gasteiger partial charge in [-0.25, -0.2) is 0 Å². The monoisotopic (exact) mass is 260 g/mol. The van der Waals surface area contributed by atoms with Crippen LogP contribution < -0.4 is 10.2 Å². The molecule has 0 aromatic carbocycles. The molecule has 1 aromatic rings. The quantitative estimate of drug-likeness (QED) is 0.888. The molecule has 0 radical (unpaired) electrons. The van der Waals surface area contributed by atoms with Gasteiger partial charge in [-0.15, -0.1) is 0 Å². The van der Waals surface area contributed by atoms with Crippen LogP contribution in [0.4, 0.5) is 5.69 Å². The number of rotatable bonds is 4. The van der Waals surface area contributed by atoms with Crippen molar-refractivity contribution in [2.45, 2.75) is 32.4 Å². The zero-order valence-electron chi connectivity index (χ0n) is 11.8. The summed E-state index contributed by atoms with van der Waals surface area (Å²) in [6, 6.07) is 5.17. The third-order valence-electron chi connectivity index (χ3n) is 4.31. The lowest BCUT2D eigenvalue weighted by atomic mass is 10.1. The van der Waals surface area contributed by atoms with E-state index in [0.717, 1.165) is 31.4 Å². The van der Waals surface area contributed by atoms with Crippen molar-refractivity contribution in [1.29, 1.82) is 0 Å². The van der Waals surface area contributed by atoms with E-state index < -0.39 is 0 Å². The van der Waals surface area contributed by atoms with Crippen LogP contribution in [0, 0.1) is 0 Å². The van der Waals surface area contributed by atoms with Gasteiger partial charge in [-0.3, -0.25) is 9.88 Å². The van der Waals surface area contributed by atoms with Gasteiger partial charge in [-0.05, 0) is 38.1 Å². The van der Waals surface area contributed by atoms with Gasteiger partial charge in [0.25, 0.3) is 0 Å². The van der Waals surface area contributed by atoms with E-state index in [9.17, 15) is 0 Å². The fraction of sp³-hybridized carbons (Fsp3) is 0.667. The molecule has 0 saturated carbocycles. The first-order chi connectivity index (χ1) is 9.36. The molecule has 3 heterocycles. The lowest BCUT2D eigenvalue weighted by Crippen LogP contribution is -2.50. The number of pyridine rings is 1. The average Bonchev–Trinajstić information content (AvgIpc) is 2.92. The van der Waals surface area contributed by atoms with Gasteiger partial charge >= 0.3 is 0 Å². The Bertz CT molecular complexity index is 420. The molecule has 2 fully saturated rings. The third-order valence-corrected chi connectivity index (χ3v) is 4.31. The summed E-state index contributed by atoms with van der Waals surface area (Å²) in [5.41, 5.74) is 2.49. The maximum atomic E-state index is 4.44. The fourth-order valence-corrected chi connectivity index (χ4v) is 3.24. The predicted molar refractivity (Wildman–Crippen MR) is 78.4 cm³/mol. The standard InChI is InChI=1S/C15H24N4/c1-2-16-11-13-10-14(5-6-17-13)19-9-8-18-7-3-4-15(18)12-19/h5-6,10,15-16H,2-4,7-9,11-12H2,1H3. The molecule has 0 bridgehead atoms. The highest BCUT2D eigenvalue weighted by Crippen LogP contribution is 2.25. The molecule has 2 aliphatic heterocycles. The van der Waals surface area contributed by atoms with Gasteiger partial charge in [0.05, 0.1) is 5.69 Å². The molecule has 0 aliphatic carbocycles. The summed E-state index contributed by atoms with van der Waals surface area (Å²) < 4.78 is 0. The van der Waals surface area contributed by atoms with Gasteiger partial charge < -0.3 is 10.2 Å². The van der Waals surface area contributed by atoms with E-state index in [-0.39, 0.29) is 0 Å². The van der Waals surface area contributed by atoms with Crippen molar-refractivity contribution < 1.29 is 0 Å². The molecule has 4 heteroatoms. The second-order valence-corrected chi connectivity index (χ2v) is 5.56. The summed E-state index contributed by atoms with van der Waals surface area (Å²) in [6.45, 7) is 8.85.